The molecule has 1 aromatic heterocycles. The van der Waals surface area contributed by atoms with Crippen molar-refractivity contribution in [3.63, 3.8) is 0 Å². The fraction of sp³-hybridized carbons (Fsp3) is 0.444. The maximum absolute atomic E-state index is 12.3. The van der Waals surface area contributed by atoms with Gasteiger partial charge in [0.25, 0.3) is 0 Å². The van der Waals surface area contributed by atoms with Crippen LogP contribution in [0.5, 0.6) is 0 Å². The summed E-state index contributed by atoms with van der Waals surface area (Å²) in [6.45, 7) is 2.91. The third-order valence-electron chi connectivity index (χ3n) is 4.16. The van der Waals surface area contributed by atoms with E-state index in [4.69, 9.17) is 4.74 Å². The summed E-state index contributed by atoms with van der Waals surface area (Å²) in [5.74, 6) is 0.141. The molecule has 1 aliphatic heterocycles. The van der Waals surface area contributed by atoms with Crippen molar-refractivity contribution in [3.8, 4) is 0 Å². The van der Waals surface area contributed by atoms with Crippen molar-refractivity contribution in [1.29, 1.82) is 0 Å². The largest absolute Gasteiger partial charge is 0.378 e. The number of ketones is 1. The molecule has 0 bridgehead atoms. The second-order valence-electron chi connectivity index (χ2n) is 5.79. The Hall–Kier alpha value is -1.74. The van der Waals surface area contributed by atoms with Gasteiger partial charge in [0.15, 0.2) is 5.78 Å². The van der Waals surface area contributed by atoms with Gasteiger partial charge in [-0.05, 0) is 50.3 Å². The Bertz CT molecular complexity index is 645. The van der Waals surface area contributed by atoms with E-state index in [0.717, 1.165) is 48.8 Å². The van der Waals surface area contributed by atoms with E-state index in [1.54, 1.807) is 0 Å². The first kappa shape index (κ1) is 14.2. The molecule has 3 heteroatoms. The molecule has 2 aromatic rings. The Balaban J connectivity index is 1.66. The number of pyridine rings is 1. The van der Waals surface area contributed by atoms with E-state index < -0.39 is 0 Å². The maximum Gasteiger partial charge on any atom is 0.181 e. The van der Waals surface area contributed by atoms with Gasteiger partial charge in [-0.1, -0.05) is 18.2 Å². The van der Waals surface area contributed by atoms with E-state index in [0.29, 0.717) is 18.2 Å². The number of carbonyl (C=O) groups is 1. The lowest BCUT2D eigenvalue weighted by Gasteiger charge is -2.09. The van der Waals surface area contributed by atoms with Crippen molar-refractivity contribution < 1.29 is 9.53 Å². The van der Waals surface area contributed by atoms with Crippen molar-refractivity contribution in [1.82, 2.24) is 4.98 Å². The van der Waals surface area contributed by atoms with Gasteiger partial charge in [-0.2, -0.15) is 0 Å². The Morgan fingerprint density at radius 3 is 3.05 bits per heavy atom. The molecule has 21 heavy (non-hydrogen) atoms. The van der Waals surface area contributed by atoms with Gasteiger partial charge in [0, 0.05) is 18.4 Å². The monoisotopic (exact) mass is 283 g/mol. The highest BCUT2D eigenvalue weighted by molar-refractivity contribution is 5.97. The molecule has 1 fully saturated rings. The number of hydrogen-bond acceptors (Lipinski definition) is 3. The Morgan fingerprint density at radius 1 is 1.38 bits per heavy atom. The summed E-state index contributed by atoms with van der Waals surface area (Å²) in [6.07, 6.45) is 5.09. The van der Waals surface area contributed by atoms with E-state index in [9.17, 15) is 4.79 Å². The molecule has 0 amide bonds. The summed E-state index contributed by atoms with van der Waals surface area (Å²) < 4.78 is 5.59. The predicted molar refractivity (Wildman–Crippen MR) is 83.6 cm³/mol. The lowest BCUT2D eigenvalue weighted by molar-refractivity contribution is 0.0919. The van der Waals surface area contributed by atoms with Crippen LogP contribution in [0, 0.1) is 6.92 Å². The SMILES string of the molecule is Cc1cc(C(=O)CCCC2CCCO2)nc2ccccc12. The minimum Gasteiger partial charge on any atom is -0.378 e. The smallest absolute Gasteiger partial charge is 0.181 e. The van der Waals surface area contributed by atoms with Crippen molar-refractivity contribution >= 4 is 16.7 Å². The molecule has 1 atom stereocenters. The second kappa shape index (κ2) is 6.35. The van der Waals surface area contributed by atoms with Gasteiger partial charge in [0.2, 0.25) is 0 Å². The van der Waals surface area contributed by atoms with Gasteiger partial charge in [-0.15, -0.1) is 0 Å². The molecule has 0 aliphatic carbocycles. The van der Waals surface area contributed by atoms with Crippen LogP contribution in [0.3, 0.4) is 0 Å². The highest BCUT2D eigenvalue weighted by Gasteiger charge is 2.16. The van der Waals surface area contributed by atoms with Crippen LogP contribution < -0.4 is 0 Å². The molecule has 110 valence electrons. The fourth-order valence-electron chi connectivity index (χ4n) is 2.98. The van der Waals surface area contributed by atoms with Crippen LogP contribution in [-0.4, -0.2) is 23.5 Å². The molecule has 2 heterocycles. The second-order valence-corrected chi connectivity index (χ2v) is 5.79. The Morgan fingerprint density at radius 2 is 2.24 bits per heavy atom. The first-order valence-corrected chi connectivity index (χ1v) is 7.75. The molecule has 1 aliphatic rings. The quantitative estimate of drug-likeness (QED) is 0.776. The standard InChI is InChI=1S/C18H21NO2/c1-13-12-17(19-16-9-3-2-8-15(13)16)18(20)10-4-6-14-7-5-11-21-14/h2-3,8-9,12,14H,4-7,10-11H2,1H3. The topological polar surface area (TPSA) is 39.2 Å². The van der Waals surface area contributed by atoms with Crippen LogP contribution in [0.2, 0.25) is 0 Å². The number of rotatable bonds is 5. The van der Waals surface area contributed by atoms with Gasteiger partial charge in [-0.25, -0.2) is 4.98 Å². The molecule has 0 saturated carbocycles. The molecular weight excluding hydrogens is 262 g/mol. The number of aryl methyl sites for hydroxylation is 1. The molecule has 0 spiro atoms. The number of carbonyl (C=O) groups excluding carboxylic acids is 1. The summed E-state index contributed by atoms with van der Waals surface area (Å²) in [6, 6.07) is 9.88. The van der Waals surface area contributed by atoms with Gasteiger partial charge in [0.1, 0.15) is 5.69 Å². The zero-order chi connectivity index (χ0) is 14.7. The molecule has 3 rings (SSSR count). The van der Waals surface area contributed by atoms with Crippen LogP contribution >= 0.6 is 0 Å². The number of ether oxygens (including phenoxy) is 1. The van der Waals surface area contributed by atoms with Gasteiger partial charge in [0.05, 0.1) is 11.6 Å². The normalized spacial score (nSPS) is 18.2. The zero-order valence-electron chi connectivity index (χ0n) is 12.5. The highest BCUT2D eigenvalue weighted by Crippen LogP contribution is 2.20. The molecular formula is C18H21NO2. The van der Waals surface area contributed by atoms with E-state index in [-0.39, 0.29) is 5.78 Å². The number of fused-ring (bicyclic) bond motifs is 1. The van der Waals surface area contributed by atoms with Crippen LogP contribution in [0.1, 0.15) is 48.2 Å². The van der Waals surface area contributed by atoms with E-state index >= 15 is 0 Å². The van der Waals surface area contributed by atoms with Gasteiger partial charge < -0.3 is 4.74 Å². The molecule has 3 nitrogen and oxygen atoms in total. The molecule has 1 aromatic carbocycles. The van der Waals surface area contributed by atoms with Crippen molar-refractivity contribution in [2.75, 3.05) is 6.61 Å². The van der Waals surface area contributed by atoms with Gasteiger partial charge in [-0.3, -0.25) is 4.79 Å². The summed E-state index contributed by atoms with van der Waals surface area (Å²) in [5.41, 5.74) is 2.61. The van der Waals surface area contributed by atoms with E-state index in [1.165, 1.54) is 0 Å². The van der Waals surface area contributed by atoms with Crippen molar-refractivity contribution in [2.45, 2.75) is 45.1 Å². The van der Waals surface area contributed by atoms with E-state index in [2.05, 4.69) is 4.98 Å². The predicted octanol–water partition coefficient (Wildman–Crippen LogP) is 4.08. The van der Waals surface area contributed by atoms with Crippen LogP contribution in [-0.2, 0) is 4.74 Å². The lowest BCUT2D eigenvalue weighted by Crippen LogP contribution is -2.08. The third-order valence-corrected chi connectivity index (χ3v) is 4.16. The lowest BCUT2D eigenvalue weighted by atomic mass is 10.0. The first-order valence-electron chi connectivity index (χ1n) is 7.75. The average molecular weight is 283 g/mol. The average Bonchev–Trinajstić information content (AvgIpc) is 3.00. The summed E-state index contributed by atoms with van der Waals surface area (Å²) in [4.78, 5) is 16.8. The fourth-order valence-corrected chi connectivity index (χ4v) is 2.98. The number of hydrogen-bond donors (Lipinski definition) is 0. The van der Waals surface area contributed by atoms with Gasteiger partial charge >= 0.3 is 0 Å². The first-order chi connectivity index (χ1) is 10.2. The van der Waals surface area contributed by atoms with Crippen LogP contribution in [0.25, 0.3) is 10.9 Å². The molecule has 1 unspecified atom stereocenters. The number of aromatic nitrogens is 1. The number of Topliss-reactive ketones (excluding diaryl/α,β-unsaturated/α-hetero) is 1. The summed E-state index contributed by atoms with van der Waals surface area (Å²) >= 11 is 0. The van der Waals surface area contributed by atoms with Crippen LogP contribution in [0.4, 0.5) is 0 Å². The Labute approximate surface area is 125 Å². The number of para-hydroxylation sites is 1. The molecule has 0 radical (unpaired) electrons. The molecule has 0 N–H and O–H groups in total. The number of benzene rings is 1. The minimum absolute atomic E-state index is 0.141. The van der Waals surface area contributed by atoms with Crippen molar-refractivity contribution in [2.24, 2.45) is 0 Å². The maximum atomic E-state index is 12.3. The number of nitrogens with zero attached hydrogens (tertiary/aromatic N) is 1. The third kappa shape index (κ3) is 3.30. The Kier molecular flexibility index (Phi) is 4.30. The van der Waals surface area contributed by atoms with Crippen molar-refractivity contribution in [3.05, 3.63) is 41.6 Å². The van der Waals surface area contributed by atoms with Crippen LogP contribution in [0.15, 0.2) is 30.3 Å². The summed E-state index contributed by atoms with van der Waals surface area (Å²) in [7, 11) is 0. The highest BCUT2D eigenvalue weighted by atomic mass is 16.5. The van der Waals surface area contributed by atoms with E-state index in [1.807, 2.05) is 37.3 Å². The summed E-state index contributed by atoms with van der Waals surface area (Å²) in [5, 5.41) is 1.12. The zero-order valence-corrected chi connectivity index (χ0v) is 12.5. The minimum atomic E-state index is 0.141. The molecule has 1 saturated heterocycles.